The van der Waals surface area contributed by atoms with Crippen LogP contribution in [0.15, 0.2) is 0 Å². The van der Waals surface area contributed by atoms with E-state index in [1.807, 2.05) is 0 Å². The molecule has 0 spiro atoms. The van der Waals surface area contributed by atoms with Gasteiger partial charge in [-0.3, -0.25) is 14.9 Å². The molecule has 0 aliphatic rings. The monoisotopic (exact) mass is 123 g/mol. The van der Waals surface area contributed by atoms with Crippen LogP contribution >= 0.6 is 0 Å². The number of hydrogen-bond acceptors (Lipinski definition) is 2. The number of rotatable bonds is 2. The summed E-state index contributed by atoms with van der Waals surface area (Å²) in [5, 5.41) is 1.28. The molecule has 0 atom stereocenters. The minimum atomic E-state index is -3.11. The number of halogens is 2. The highest BCUT2D eigenvalue weighted by Crippen LogP contribution is 1.88. The van der Waals surface area contributed by atoms with E-state index in [4.69, 9.17) is 0 Å². The van der Waals surface area contributed by atoms with E-state index in [0.29, 0.717) is 0 Å². The van der Waals surface area contributed by atoms with Crippen LogP contribution in [0.3, 0.4) is 0 Å². The number of hydrogen-bond donors (Lipinski definition) is 1. The van der Waals surface area contributed by atoms with E-state index in [0.717, 1.165) is 0 Å². The van der Waals surface area contributed by atoms with Crippen molar-refractivity contribution in [1.29, 1.82) is 0 Å². The predicted molar refractivity (Wildman–Crippen MR) is 20.2 cm³/mol. The van der Waals surface area contributed by atoms with Crippen molar-refractivity contribution in [3.63, 3.8) is 0 Å². The van der Waals surface area contributed by atoms with E-state index < -0.39 is 12.3 Å². The highest BCUT2D eigenvalue weighted by atomic mass is 19.3. The Balaban J connectivity index is 3.48. The van der Waals surface area contributed by atoms with Crippen LogP contribution in [0.4, 0.5) is 8.78 Å². The third-order valence-electron chi connectivity index (χ3n) is 0.399. The van der Waals surface area contributed by atoms with Gasteiger partial charge in [-0.15, -0.1) is 0 Å². The molecule has 8 heavy (non-hydrogen) atoms. The average molecular weight is 123 g/mol. The molecule has 0 aliphatic carbocycles. The Morgan fingerprint density at radius 1 is 1.62 bits per heavy atom. The van der Waals surface area contributed by atoms with Gasteiger partial charge in [-0.2, -0.15) is 8.78 Å². The normalized spacial score (nSPS) is 8.88. The summed E-state index contributed by atoms with van der Waals surface area (Å²) in [5.74, 6) is -1.57. The molecule has 46 valence electrons. The van der Waals surface area contributed by atoms with E-state index in [1.54, 1.807) is 0 Å². The zero-order valence-electron chi connectivity index (χ0n) is 3.73. The molecular formula is C3H3F2NO2. The average Bonchev–Trinajstić information content (AvgIpc) is 1.67. The van der Waals surface area contributed by atoms with Crippen LogP contribution in [0.25, 0.3) is 0 Å². The lowest BCUT2D eigenvalue weighted by Gasteiger charge is -1.91. The van der Waals surface area contributed by atoms with Crippen molar-refractivity contribution in [2.24, 2.45) is 0 Å². The summed E-state index contributed by atoms with van der Waals surface area (Å²) >= 11 is 0. The number of imide groups is 1. The van der Waals surface area contributed by atoms with Gasteiger partial charge in [0.1, 0.15) is 0 Å². The fourth-order valence-corrected chi connectivity index (χ4v) is 0.121. The maximum atomic E-state index is 11.0. The van der Waals surface area contributed by atoms with Gasteiger partial charge in [0, 0.05) is 0 Å². The lowest BCUT2D eigenvalue weighted by molar-refractivity contribution is -0.134. The molecule has 0 radical (unpaired) electrons. The first-order valence-corrected chi connectivity index (χ1v) is 1.70. The summed E-state index contributed by atoms with van der Waals surface area (Å²) in [4.78, 5) is 18.9. The standard InChI is InChI=1S/C3H3F2NO2/c4-2(5)3(8)6-1-7/h1-2H,(H,6,7,8). The molecule has 1 N–H and O–H groups in total. The second-order valence-electron chi connectivity index (χ2n) is 0.927. The summed E-state index contributed by atoms with van der Waals surface area (Å²) in [5.41, 5.74) is 0. The van der Waals surface area contributed by atoms with Gasteiger partial charge in [-0.05, 0) is 0 Å². The van der Waals surface area contributed by atoms with Crippen molar-refractivity contribution in [2.75, 3.05) is 0 Å². The second-order valence-corrected chi connectivity index (χ2v) is 0.927. The SMILES string of the molecule is O=CNC(=O)C(F)F. The molecule has 0 aromatic carbocycles. The van der Waals surface area contributed by atoms with Crippen LogP contribution in [-0.2, 0) is 9.59 Å². The van der Waals surface area contributed by atoms with Crippen LogP contribution in [0.2, 0.25) is 0 Å². The quantitative estimate of drug-likeness (QED) is 0.504. The molecule has 0 heterocycles. The van der Waals surface area contributed by atoms with Gasteiger partial charge in [0.05, 0.1) is 0 Å². The summed E-state index contributed by atoms with van der Waals surface area (Å²) in [6.07, 6.45) is -3.20. The van der Waals surface area contributed by atoms with Crippen LogP contribution < -0.4 is 5.32 Å². The Morgan fingerprint density at radius 2 is 2.12 bits per heavy atom. The van der Waals surface area contributed by atoms with E-state index in [9.17, 15) is 18.4 Å². The first-order chi connectivity index (χ1) is 3.68. The molecule has 0 aromatic heterocycles. The van der Waals surface area contributed by atoms with E-state index in [2.05, 4.69) is 0 Å². The Labute approximate surface area is 43.7 Å². The lowest BCUT2D eigenvalue weighted by atomic mass is 10.6. The number of amides is 2. The topological polar surface area (TPSA) is 46.2 Å². The fraction of sp³-hybridized carbons (Fsp3) is 0.333. The van der Waals surface area contributed by atoms with Crippen molar-refractivity contribution >= 4 is 12.3 Å². The van der Waals surface area contributed by atoms with Crippen LogP contribution in [-0.4, -0.2) is 18.7 Å². The molecule has 0 bridgehead atoms. The van der Waals surface area contributed by atoms with Crippen LogP contribution in [0, 0.1) is 0 Å². The third kappa shape index (κ3) is 2.22. The largest absolute Gasteiger partial charge is 0.315 e. The molecule has 3 nitrogen and oxygen atoms in total. The first kappa shape index (κ1) is 7.00. The summed E-state index contributed by atoms with van der Waals surface area (Å²) < 4.78 is 22.1. The van der Waals surface area contributed by atoms with Gasteiger partial charge in [-0.1, -0.05) is 0 Å². The maximum Gasteiger partial charge on any atom is 0.315 e. The molecule has 5 heteroatoms. The zero-order chi connectivity index (χ0) is 6.57. The molecule has 0 fully saturated rings. The number of nitrogens with one attached hydrogen (secondary N) is 1. The number of carbonyl (C=O) groups excluding carboxylic acids is 2. The summed E-state index contributed by atoms with van der Waals surface area (Å²) in [7, 11) is 0. The van der Waals surface area contributed by atoms with Gasteiger partial charge in [-0.25, -0.2) is 0 Å². The molecule has 0 saturated heterocycles. The minimum Gasteiger partial charge on any atom is -0.294 e. The first-order valence-electron chi connectivity index (χ1n) is 1.70. The minimum absolute atomic E-state index is 0.0888. The lowest BCUT2D eigenvalue weighted by Crippen LogP contribution is -2.27. The summed E-state index contributed by atoms with van der Waals surface area (Å²) in [6, 6.07) is 0. The summed E-state index contributed by atoms with van der Waals surface area (Å²) in [6.45, 7) is 0. The Kier molecular flexibility index (Phi) is 2.68. The highest BCUT2D eigenvalue weighted by molar-refractivity contribution is 5.87. The van der Waals surface area contributed by atoms with Crippen molar-refractivity contribution in [2.45, 2.75) is 6.43 Å². The molecule has 0 rings (SSSR count). The van der Waals surface area contributed by atoms with Gasteiger partial charge < -0.3 is 0 Å². The number of alkyl halides is 2. The Bertz CT molecular complexity index is 103. The van der Waals surface area contributed by atoms with Crippen molar-refractivity contribution < 1.29 is 18.4 Å². The molecular weight excluding hydrogens is 120 g/mol. The predicted octanol–water partition coefficient (Wildman–Crippen LogP) is -0.476. The third-order valence-corrected chi connectivity index (χ3v) is 0.399. The smallest absolute Gasteiger partial charge is 0.294 e. The van der Waals surface area contributed by atoms with Gasteiger partial charge in [0.25, 0.3) is 5.91 Å². The molecule has 0 aromatic rings. The molecule has 2 amide bonds. The van der Waals surface area contributed by atoms with Gasteiger partial charge in [0.2, 0.25) is 6.41 Å². The van der Waals surface area contributed by atoms with Crippen molar-refractivity contribution in [1.82, 2.24) is 5.32 Å². The zero-order valence-corrected chi connectivity index (χ0v) is 3.73. The molecule has 0 aliphatic heterocycles. The molecule has 0 saturated carbocycles. The second kappa shape index (κ2) is 3.06. The Hall–Kier alpha value is -1.00. The maximum absolute atomic E-state index is 11.0. The van der Waals surface area contributed by atoms with Crippen molar-refractivity contribution in [3.05, 3.63) is 0 Å². The van der Waals surface area contributed by atoms with E-state index in [-0.39, 0.29) is 6.41 Å². The van der Waals surface area contributed by atoms with Crippen LogP contribution in [0.1, 0.15) is 0 Å². The van der Waals surface area contributed by atoms with Gasteiger partial charge in [0.15, 0.2) is 0 Å². The van der Waals surface area contributed by atoms with Crippen molar-refractivity contribution in [3.8, 4) is 0 Å². The highest BCUT2D eigenvalue weighted by Gasteiger charge is 2.12. The van der Waals surface area contributed by atoms with Crippen LogP contribution in [0.5, 0.6) is 0 Å². The Morgan fingerprint density at radius 3 is 2.25 bits per heavy atom. The number of carbonyl (C=O) groups is 2. The fourth-order valence-electron chi connectivity index (χ4n) is 0.121. The van der Waals surface area contributed by atoms with E-state index in [1.165, 1.54) is 5.32 Å². The van der Waals surface area contributed by atoms with E-state index >= 15 is 0 Å². The van der Waals surface area contributed by atoms with Gasteiger partial charge >= 0.3 is 6.43 Å². The molecule has 0 unspecified atom stereocenters.